The fourth-order valence-corrected chi connectivity index (χ4v) is 7.15. The summed E-state index contributed by atoms with van der Waals surface area (Å²) < 4.78 is 41.6. The normalized spacial score (nSPS) is 21.9. The number of halogens is 3. The van der Waals surface area contributed by atoms with Crippen LogP contribution in [0.2, 0.25) is 0 Å². The van der Waals surface area contributed by atoms with Crippen LogP contribution in [0.5, 0.6) is 0 Å². The van der Waals surface area contributed by atoms with Crippen molar-refractivity contribution >= 4 is 33.3 Å². The van der Waals surface area contributed by atoms with Gasteiger partial charge in [-0.05, 0) is 62.1 Å². The third-order valence-electron chi connectivity index (χ3n) is 7.44. The Morgan fingerprint density at radius 1 is 1.14 bits per heavy atom. The molecule has 188 valence electrons. The minimum atomic E-state index is -4.34. The maximum atomic E-state index is 12.8. The standard InChI is InChI=1S/C26H26F3N5S2/c1-16-30-21-12-19(8-9-22(21)36-16)25-13-20(25)14-34(15-25)10-3-11-35-24-32-31-23(33(24)2)17-4-6-18(7-5-17)26(27,28)29/h4-9,12,20H,3,10-11,13-15H2,1-2H3/t20-,25+/m0/s1. The highest BCUT2D eigenvalue weighted by atomic mass is 32.2. The Balaban J connectivity index is 1.02. The average Bonchev–Trinajstić information content (AvgIpc) is 3.12. The van der Waals surface area contributed by atoms with E-state index in [1.807, 2.05) is 11.6 Å². The number of aryl methyl sites for hydroxylation is 1. The minimum Gasteiger partial charge on any atom is -0.305 e. The third-order valence-corrected chi connectivity index (χ3v) is 9.50. The molecule has 2 aromatic heterocycles. The van der Waals surface area contributed by atoms with Gasteiger partial charge in [0.25, 0.3) is 0 Å². The highest BCUT2D eigenvalue weighted by molar-refractivity contribution is 7.99. The van der Waals surface area contributed by atoms with Gasteiger partial charge in [-0.25, -0.2) is 4.98 Å². The molecule has 6 rings (SSSR count). The van der Waals surface area contributed by atoms with Gasteiger partial charge in [-0.15, -0.1) is 21.5 Å². The Kier molecular flexibility index (Phi) is 5.88. The number of benzene rings is 2. The van der Waals surface area contributed by atoms with Crippen molar-refractivity contribution < 1.29 is 13.2 Å². The Hall–Kier alpha value is -2.43. The topological polar surface area (TPSA) is 46.8 Å². The van der Waals surface area contributed by atoms with Crippen LogP contribution >= 0.6 is 23.1 Å². The van der Waals surface area contributed by atoms with Gasteiger partial charge in [0.1, 0.15) is 0 Å². The maximum absolute atomic E-state index is 12.8. The zero-order valence-electron chi connectivity index (χ0n) is 20.0. The number of alkyl halides is 3. The second-order valence-electron chi connectivity index (χ2n) is 9.85. The van der Waals surface area contributed by atoms with Crippen LogP contribution in [-0.2, 0) is 18.6 Å². The molecule has 2 aliphatic rings. The Labute approximate surface area is 215 Å². The second-order valence-corrected chi connectivity index (χ2v) is 12.1. The molecule has 2 aromatic carbocycles. The molecule has 3 heterocycles. The van der Waals surface area contributed by atoms with Gasteiger partial charge in [0.2, 0.25) is 0 Å². The summed E-state index contributed by atoms with van der Waals surface area (Å²) in [6.45, 7) is 5.38. The van der Waals surface area contributed by atoms with E-state index in [0.717, 1.165) is 65.5 Å². The van der Waals surface area contributed by atoms with E-state index in [1.54, 1.807) is 23.1 Å². The van der Waals surface area contributed by atoms with Gasteiger partial charge in [-0.1, -0.05) is 30.0 Å². The number of aromatic nitrogens is 4. The SMILES string of the molecule is Cc1nc2cc([C@]34C[C@H]3CN(CCCSc3nnc(-c5ccc(C(F)(F)F)cc5)n3C)C4)ccc2s1. The molecule has 0 N–H and O–H groups in total. The number of hydrogen-bond donors (Lipinski definition) is 0. The van der Waals surface area contributed by atoms with E-state index in [9.17, 15) is 13.2 Å². The fraction of sp³-hybridized carbons (Fsp3) is 0.423. The van der Waals surface area contributed by atoms with Crippen LogP contribution in [0.15, 0.2) is 47.6 Å². The van der Waals surface area contributed by atoms with E-state index < -0.39 is 11.7 Å². The zero-order valence-corrected chi connectivity index (χ0v) is 21.7. The van der Waals surface area contributed by atoms with E-state index in [2.05, 4.69) is 45.2 Å². The summed E-state index contributed by atoms with van der Waals surface area (Å²) in [5.74, 6) is 2.23. The van der Waals surface area contributed by atoms with Crippen molar-refractivity contribution in [3.63, 3.8) is 0 Å². The summed E-state index contributed by atoms with van der Waals surface area (Å²) in [7, 11) is 1.85. The maximum Gasteiger partial charge on any atom is 0.416 e. The first-order valence-electron chi connectivity index (χ1n) is 12.0. The quantitative estimate of drug-likeness (QED) is 0.212. The molecule has 1 aliphatic heterocycles. The average molecular weight is 530 g/mol. The number of nitrogens with zero attached hydrogens (tertiary/aromatic N) is 5. The van der Waals surface area contributed by atoms with Crippen molar-refractivity contribution in [3.05, 3.63) is 58.6 Å². The molecular formula is C26H26F3N5S2. The molecule has 1 saturated carbocycles. The first kappa shape index (κ1) is 23.9. The van der Waals surface area contributed by atoms with Crippen LogP contribution in [0.3, 0.4) is 0 Å². The number of fused-ring (bicyclic) bond motifs is 2. The zero-order chi connectivity index (χ0) is 25.1. The van der Waals surface area contributed by atoms with Crippen molar-refractivity contribution in [2.24, 2.45) is 13.0 Å². The van der Waals surface area contributed by atoms with Crippen molar-refractivity contribution in [1.82, 2.24) is 24.6 Å². The van der Waals surface area contributed by atoms with E-state index in [1.165, 1.54) is 28.8 Å². The number of piperidine rings is 1. The summed E-state index contributed by atoms with van der Waals surface area (Å²) in [5.41, 5.74) is 2.83. The molecular weight excluding hydrogens is 503 g/mol. The lowest BCUT2D eigenvalue weighted by Crippen LogP contribution is -2.27. The van der Waals surface area contributed by atoms with Crippen LogP contribution in [0.25, 0.3) is 21.6 Å². The van der Waals surface area contributed by atoms with Crippen molar-refractivity contribution in [3.8, 4) is 11.4 Å². The molecule has 36 heavy (non-hydrogen) atoms. The number of thiazole rings is 1. The molecule has 2 fully saturated rings. The highest BCUT2D eigenvalue weighted by Gasteiger charge is 2.60. The van der Waals surface area contributed by atoms with Crippen molar-refractivity contribution in [2.75, 3.05) is 25.4 Å². The lowest BCUT2D eigenvalue weighted by Gasteiger charge is -2.21. The van der Waals surface area contributed by atoms with Gasteiger partial charge in [0.15, 0.2) is 11.0 Å². The summed E-state index contributed by atoms with van der Waals surface area (Å²) in [6.07, 6.45) is -2.03. The number of rotatable bonds is 7. The lowest BCUT2D eigenvalue weighted by molar-refractivity contribution is -0.137. The first-order valence-corrected chi connectivity index (χ1v) is 13.8. The van der Waals surface area contributed by atoms with Crippen LogP contribution in [0, 0.1) is 12.8 Å². The van der Waals surface area contributed by atoms with E-state index >= 15 is 0 Å². The molecule has 2 atom stereocenters. The lowest BCUT2D eigenvalue weighted by atomic mass is 9.95. The molecule has 0 amide bonds. The van der Waals surface area contributed by atoms with Gasteiger partial charge in [-0.3, -0.25) is 0 Å². The van der Waals surface area contributed by atoms with E-state index in [-0.39, 0.29) is 0 Å². The first-order chi connectivity index (χ1) is 17.2. The van der Waals surface area contributed by atoms with Gasteiger partial charge < -0.3 is 9.47 Å². The summed E-state index contributed by atoms with van der Waals surface area (Å²) in [4.78, 5) is 7.27. The fourth-order valence-electron chi connectivity index (χ4n) is 5.51. The Morgan fingerprint density at radius 3 is 2.72 bits per heavy atom. The Bertz CT molecular complexity index is 1410. The number of likely N-dealkylation sites (tertiary alicyclic amines) is 1. The van der Waals surface area contributed by atoms with Crippen LogP contribution in [-0.4, -0.2) is 50.0 Å². The smallest absolute Gasteiger partial charge is 0.305 e. The van der Waals surface area contributed by atoms with Crippen molar-refractivity contribution in [2.45, 2.75) is 36.5 Å². The third kappa shape index (κ3) is 4.33. The molecule has 10 heteroatoms. The van der Waals surface area contributed by atoms with E-state index in [0.29, 0.717) is 16.8 Å². The van der Waals surface area contributed by atoms with E-state index in [4.69, 9.17) is 0 Å². The minimum absolute atomic E-state index is 0.305. The van der Waals surface area contributed by atoms with Crippen LogP contribution < -0.4 is 0 Å². The van der Waals surface area contributed by atoms with Crippen LogP contribution in [0.4, 0.5) is 13.2 Å². The summed E-state index contributed by atoms with van der Waals surface area (Å²) in [5, 5.41) is 10.4. The van der Waals surface area contributed by atoms with Gasteiger partial charge in [0.05, 0.1) is 20.8 Å². The number of hydrogen-bond acceptors (Lipinski definition) is 6. The monoisotopic (exact) mass is 529 g/mol. The van der Waals surface area contributed by atoms with Gasteiger partial charge in [0, 0.05) is 36.9 Å². The van der Waals surface area contributed by atoms with Crippen molar-refractivity contribution in [1.29, 1.82) is 0 Å². The Morgan fingerprint density at radius 2 is 1.94 bits per heavy atom. The molecule has 1 aliphatic carbocycles. The van der Waals surface area contributed by atoms with Gasteiger partial charge in [-0.2, -0.15) is 13.2 Å². The molecule has 1 saturated heterocycles. The molecule has 0 radical (unpaired) electrons. The molecule has 0 spiro atoms. The van der Waals surface area contributed by atoms with Gasteiger partial charge >= 0.3 is 6.18 Å². The highest BCUT2D eigenvalue weighted by Crippen LogP contribution is 2.59. The molecule has 4 aromatic rings. The largest absolute Gasteiger partial charge is 0.416 e. The molecule has 5 nitrogen and oxygen atoms in total. The predicted octanol–water partition coefficient (Wildman–Crippen LogP) is 6.17. The number of thioether (sulfide) groups is 1. The second kappa shape index (κ2) is 8.85. The summed E-state index contributed by atoms with van der Waals surface area (Å²) >= 11 is 3.39. The van der Waals surface area contributed by atoms with Crippen LogP contribution in [0.1, 0.15) is 29.0 Å². The molecule has 0 unspecified atom stereocenters. The molecule has 0 bridgehead atoms. The summed E-state index contributed by atoms with van der Waals surface area (Å²) in [6, 6.07) is 11.9. The predicted molar refractivity (Wildman–Crippen MR) is 137 cm³/mol.